The molecule has 102 valence electrons. The van der Waals surface area contributed by atoms with Crippen molar-refractivity contribution in [3.05, 3.63) is 34.9 Å². The first-order chi connectivity index (χ1) is 8.67. The second kappa shape index (κ2) is 8.28. The highest BCUT2D eigenvalue weighted by Crippen LogP contribution is 2.14. The highest BCUT2D eigenvalue weighted by molar-refractivity contribution is 5.30. The normalized spacial score (nSPS) is 12.7. The van der Waals surface area contributed by atoms with E-state index in [2.05, 4.69) is 44.4 Å². The monoisotopic (exact) mass is 248 g/mol. The van der Waals surface area contributed by atoms with Gasteiger partial charge in [-0.25, -0.2) is 0 Å². The Morgan fingerprint density at radius 1 is 1.11 bits per heavy atom. The van der Waals surface area contributed by atoms with Crippen LogP contribution in [0, 0.1) is 13.8 Å². The minimum absolute atomic E-state index is 0.406. The summed E-state index contributed by atoms with van der Waals surface area (Å²) in [6.07, 6.45) is 7.42. The molecule has 1 unspecified atom stereocenters. The van der Waals surface area contributed by atoms with Gasteiger partial charge in [-0.15, -0.1) is 0 Å². The first-order valence-corrected chi connectivity index (χ1v) is 7.19. The van der Waals surface area contributed by atoms with Crippen LogP contribution in [0.2, 0.25) is 0 Å². The van der Waals surface area contributed by atoms with Crippen LogP contribution in [0.3, 0.4) is 0 Å². The van der Waals surface area contributed by atoms with Gasteiger partial charge in [0.05, 0.1) is 0 Å². The summed E-state index contributed by atoms with van der Waals surface area (Å²) in [5, 5.41) is 0. The topological polar surface area (TPSA) is 38.0 Å². The molecule has 0 fully saturated rings. The van der Waals surface area contributed by atoms with Crippen LogP contribution in [0.5, 0.6) is 0 Å². The van der Waals surface area contributed by atoms with Crippen molar-refractivity contribution in [2.75, 3.05) is 0 Å². The first kappa shape index (κ1) is 15.2. The number of nitrogens with two attached hydrogens (primary N) is 1. The van der Waals surface area contributed by atoms with E-state index in [1.165, 1.54) is 48.8 Å². The van der Waals surface area contributed by atoms with Crippen LogP contribution in [0.25, 0.3) is 0 Å². The average Bonchev–Trinajstić information content (AvgIpc) is 2.37. The van der Waals surface area contributed by atoms with Crippen molar-refractivity contribution >= 4 is 0 Å². The largest absolute Gasteiger partial charge is 0.271 e. The van der Waals surface area contributed by atoms with Gasteiger partial charge in [0.25, 0.3) is 0 Å². The van der Waals surface area contributed by atoms with E-state index < -0.39 is 0 Å². The lowest BCUT2D eigenvalue weighted by Crippen LogP contribution is -2.36. The van der Waals surface area contributed by atoms with E-state index >= 15 is 0 Å². The SMILES string of the molecule is CCCCCCC(Cc1ccc(C)c(C)c1)NN. The predicted octanol–water partition coefficient (Wildman–Crippen LogP) is 3.65. The van der Waals surface area contributed by atoms with Gasteiger partial charge in [0.1, 0.15) is 0 Å². The zero-order valence-corrected chi connectivity index (χ0v) is 12.1. The molecule has 0 saturated carbocycles. The lowest BCUT2D eigenvalue weighted by molar-refractivity contribution is 0.463. The molecule has 3 N–H and O–H groups in total. The van der Waals surface area contributed by atoms with Crippen LogP contribution in [0.4, 0.5) is 0 Å². The Bertz CT molecular complexity index is 347. The Morgan fingerprint density at radius 3 is 2.50 bits per heavy atom. The molecule has 0 bridgehead atoms. The molecular formula is C16H28N2. The lowest BCUT2D eigenvalue weighted by Gasteiger charge is -2.16. The maximum absolute atomic E-state index is 5.65. The van der Waals surface area contributed by atoms with Crippen LogP contribution in [0.15, 0.2) is 18.2 Å². The summed E-state index contributed by atoms with van der Waals surface area (Å²) in [7, 11) is 0. The van der Waals surface area contributed by atoms with E-state index in [0.717, 1.165) is 6.42 Å². The van der Waals surface area contributed by atoms with Crippen LogP contribution in [-0.2, 0) is 6.42 Å². The molecule has 0 aliphatic rings. The number of benzene rings is 1. The molecule has 1 aromatic rings. The Labute approximate surface area is 112 Å². The van der Waals surface area contributed by atoms with Gasteiger partial charge >= 0.3 is 0 Å². The fourth-order valence-electron chi connectivity index (χ4n) is 2.28. The van der Waals surface area contributed by atoms with E-state index in [0.29, 0.717) is 6.04 Å². The van der Waals surface area contributed by atoms with Crippen LogP contribution in [-0.4, -0.2) is 6.04 Å². The van der Waals surface area contributed by atoms with Crippen molar-refractivity contribution in [3.8, 4) is 0 Å². The highest BCUT2D eigenvalue weighted by Gasteiger charge is 2.08. The summed E-state index contributed by atoms with van der Waals surface area (Å²) in [6.45, 7) is 6.57. The molecule has 0 aromatic heterocycles. The average molecular weight is 248 g/mol. The van der Waals surface area contributed by atoms with Crippen molar-refractivity contribution in [2.45, 2.75) is 65.3 Å². The van der Waals surface area contributed by atoms with Crippen LogP contribution >= 0.6 is 0 Å². The fourth-order valence-corrected chi connectivity index (χ4v) is 2.28. The number of hydrazine groups is 1. The number of rotatable bonds is 8. The zero-order valence-electron chi connectivity index (χ0n) is 12.1. The van der Waals surface area contributed by atoms with Gasteiger partial charge in [-0.2, -0.15) is 0 Å². The van der Waals surface area contributed by atoms with Gasteiger partial charge in [-0.05, 0) is 43.4 Å². The van der Waals surface area contributed by atoms with Crippen molar-refractivity contribution in [2.24, 2.45) is 5.84 Å². The molecule has 0 spiro atoms. The molecule has 0 saturated heterocycles. The molecule has 1 aromatic carbocycles. The molecule has 0 aliphatic heterocycles. The second-order valence-corrected chi connectivity index (χ2v) is 5.34. The van der Waals surface area contributed by atoms with E-state index in [1.807, 2.05) is 0 Å². The fraction of sp³-hybridized carbons (Fsp3) is 0.625. The third-order valence-electron chi connectivity index (χ3n) is 3.70. The number of aryl methyl sites for hydroxylation is 2. The molecule has 0 amide bonds. The number of nitrogens with one attached hydrogen (secondary N) is 1. The lowest BCUT2D eigenvalue weighted by atomic mass is 9.98. The molecule has 2 nitrogen and oxygen atoms in total. The maximum Gasteiger partial charge on any atom is 0.0250 e. The van der Waals surface area contributed by atoms with Gasteiger partial charge in [0.2, 0.25) is 0 Å². The summed E-state index contributed by atoms with van der Waals surface area (Å²) in [6, 6.07) is 7.11. The quantitative estimate of drug-likeness (QED) is 0.419. The predicted molar refractivity (Wildman–Crippen MR) is 79.5 cm³/mol. The van der Waals surface area contributed by atoms with Crippen molar-refractivity contribution < 1.29 is 0 Å². The van der Waals surface area contributed by atoms with Gasteiger partial charge in [-0.3, -0.25) is 11.3 Å². The molecular weight excluding hydrogens is 220 g/mol. The minimum Gasteiger partial charge on any atom is -0.271 e. The summed E-state index contributed by atoms with van der Waals surface area (Å²) in [4.78, 5) is 0. The molecule has 18 heavy (non-hydrogen) atoms. The zero-order chi connectivity index (χ0) is 13.4. The Morgan fingerprint density at radius 2 is 1.89 bits per heavy atom. The molecule has 1 atom stereocenters. The van der Waals surface area contributed by atoms with E-state index in [1.54, 1.807) is 0 Å². The maximum atomic E-state index is 5.65. The summed E-state index contributed by atoms with van der Waals surface area (Å²) >= 11 is 0. The summed E-state index contributed by atoms with van der Waals surface area (Å²) in [5.74, 6) is 5.65. The standard InChI is InChI=1S/C16H28N2/c1-4-5-6-7-8-16(18-17)12-15-10-9-13(2)14(3)11-15/h9-11,16,18H,4-8,12,17H2,1-3H3. The van der Waals surface area contributed by atoms with Crippen molar-refractivity contribution in [1.29, 1.82) is 0 Å². The van der Waals surface area contributed by atoms with E-state index in [9.17, 15) is 0 Å². The second-order valence-electron chi connectivity index (χ2n) is 5.34. The molecule has 0 heterocycles. The Kier molecular flexibility index (Phi) is 6.99. The summed E-state index contributed by atoms with van der Waals surface area (Å²) in [5.41, 5.74) is 7.08. The van der Waals surface area contributed by atoms with E-state index in [-0.39, 0.29) is 0 Å². The van der Waals surface area contributed by atoms with E-state index in [4.69, 9.17) is 5.84 Å². The van der Waals surface area contributed by atoms with Gasteiger partial charge in [0.15, 0.2) is 0 Å². The number of unbranched alkanes of at least 4 members (excludes halogenated alkanes) is 3. The van der Waals surface area contributed by atoms with Crippen molar-refractivity contribution in [3.63, 3.8) is 0 Å². The van der Waals surface area contributed by atoms with Crippen LogP contribution in [0.1, 0.15) is 55.7 Å². The third kappa shape index (κ3) is 5.19. The van der Waals surface area contributed by atoms with Crippen molar-refractivity contribution in [1.82, 2.24) is 5.43 Å². The van der Waals surface area contributed by atoms with Gasteiger partial charge < -0.3 is 0 Å². The summed E-state index contributed by atoms with van der Waals surface area (Å²) < 4.78 is 0. The Balaban J connectivity index is 2.44. The first-order valence-electron chi connectivity index (χ1n) is 7.19. The van der Waals surface area contributed by atoms with Gasteiger partial charge in [-0.1, -0.05) is 50.8 Å². The smallest absolute Gasteiger partial charge is 0.0250 e. The third-order valence-corrected chi connectivity index (χ3v) is 3.70. The molecule has 0 aliphatic carbocycles. The highest BCUT2D eigenvalue weighted by atomic mass is 15.2. The number of hydrogen-bond acceptors (Lipinski definition) is 2. The molecule has 2 heteroatoms. The minimum atomic E-state index is 0.406. The molecule has 1 rings (SSSR count). The molecule has 0 radical (unpaired) electrons. The number of hydrogen-bond donors (Lipinski definition) is 2. The Hall–Kier alpha value is -0.860. The van der Waals surface area contributed by atoms with Gasteiger partial charge in [0, 0.05) is 6.04 Å². The van der Waals surface area contributed by atoms with Crippen LogP contribution < -0.4 is 11.3 Å².